The standard InChI is InChI=1S/C31H33F2N7O3/c1-18-11-19(12-26(35)30(18)42-9-2-7-34)23-5-8-36-16-28(23)38-31-37-15-20-3-4-27(39-40(20)31)29-24(32)13-22(14-25(29)33)43-21-6-10-41-17-21/h3-5,8,13-16,18-19,21,26,30H,2,6,9-12,17,35H2,1H3,(H,37,38)/t18-,19+,21?,26+,30-/m0/s1. The fourth-order valence-electron chi connectivity index (χ4n) is 6.09. The Morgan fingerprint density at radius 3 is 2.77 bits per heavy atom. The minimum absolute atomic E-state index is 0.111. The third-order valence-electron chi connectivity index (χ3n) is 8.11. The lowest BCUT2D eigenvalue weighted by atomic mass is 9.74. The molecule has 3 aromatic heterocycles. The van der Waals surface area contributed by atoms with Crippen molar-refractivity contribution in [3.05, 3.63) is 66.1 Å². The number of hydrogen-bond acceptors (Lipinski definition) is 9. The Morgan fingerprint density at radius 2 is 2.02 bits per heavy atom. The summed E-state index contributed by atoms with van der Waals surface area (Å²) in [5.41, 5.74) is 8.81. The van der Waals surface area contributed by atoms with E-state index in [1.165, 1.54) is 16.6 Å². The third kappa shape index (κ3) is 6.15. The normalized spacial score (nSPS) is 23.7. The Balaban J connectivity index is 1.24. The van der Waals surface area contributed by atoms with Gasteiger partial charge >= 0.3 is 0 Å². The van der Waals surface area contributed by atoms with Crippen LogP contribution in [0, 0.1) is 28.9 Å². The third-order valence-corrected chi connectivity index (χ3v) is 8.11. The molecule has 1 aliphatic heterocycles. The van der Waals surface area contributed by atoms with Gasteiger partial charge in [0.2, 0.25) is 5.95 Å². The summed E-state index contributed by atoms with van der Waals surface area (Å²) in [6.45, 7) is 3.44. The van der Waals surface area contributed by atoms with Crippen molar-refractivity contribution in [2.75, 3.05) is 25.1 Å². The van der Waals surface area contributed by atoms with E-state index in [1.807, 2.05) is 6.07 Å². The molecule has 1 aliphatic carbocycles. The fraction of sp³-hybridized carbons (Fsp3) is 0.419. The van der Waals surface area contributed by atoms with Crippen LogP contribution in [-0.2, 0) is 9.47 Å². The summed E-state index contributed by atoms with van der Waals surface area (Å²) in [7, 11) is 0. The molecule has 10 nitrogen and oxygen atoms in total. The molecule has 12 heteroatoms. The van der Waals surface area contributed by atoms with E-state index in [0.717, 1.165) is 17.7 Å². The lowest BCUT2D eigenvalue weighted by Gasteiger charge is -2.39. The van der Waals surface area contributed by atoms with E-state index in [-0.39, 0.29) is 47.1 Å². The van der Waals surface area contributed by atoms with Gasteiger partial charge in [0.05, 0.1) is 73.3 Å². The summed E-state index contributed by atoms with van der Waals surface area (Å²) in [5.74, 6) is -0.732. The van der Waals surface area contributed by atoms with Gasteiger partial charge in [0.15, 0.2) is 0 Å². The van der Waals surface area contributed by atoms with E-state index in [4.69, 9.17) is 25.2 Å². The summed E-state index contributed by atoms with van der Waals surface area (Å²) >= 11 is 0. The minimum Gasteiger partial charge on any atom is -0.488 e. The first-order chi connectivity index (χ1) is 20.9. The highest BCUT2D eigenvalue weighted by Gasteiger charge is 2.36. The predicted molar refractivity (Wildman–Crippen MR) is 155 cm³/mol. The highest BCUT2D eigenvalue weighted by Crippen LogP contribution is 2.40. The summed E-state index contributed by atoms with van der Waals surface area (Å²) in [6.07, 6.45) is 7.31. The predicted octanol–water partition coefficient (Wildman–Crippen LogP) is 5.12. The summed E-state index contributed by atoms with van der Waals surface area (Å²) < 4.78 is 48.8. The van der Waals surface area contributed by atoms with E-state index in [0.29, 0.717) is 50.5 Å². The van der Waals surface area contributed by atoms with Gasteiger partial charge in [-0.05, 0) is 48.4 Å². The molecular weight excluding hydrogens is 556 g/mol. The first kappa shape index (κ1) is 28.9. The van der Waals surface area contributed by atoms with Crippen LogP contribution >= 0.6 is 0 Å². The van der Waals surface area contributed by atoms with Crippen LogP contribution in [0.2, 0.25) is 0 Å². The molecule has 4 aromatic rings. The lowest BCUT2D eigenvalue weighted by Crippen LogP contribution is -2.46. The van der Waals surface area contributed by atoms with Crippen molar-refractivity contribution in [2.45, 2.75) is 56.8 Å². The van der Waals surface area contributed by atoms with Crippen molar-refractivity contribution in [2.24, 2.45) is 11.7 Å². The minimum atomic E-state index is -0.775. The van der Waals surface area contributed by atoms with E-state index >= 15 is 8.78 Å². The van der Waals surface area contributed by atoms with E-state index in [9.17, 15) is 0 Å². The van der Waals surface area contributed by atoms with Crippen LogP contribution in [0.25, 0.3) is 16.8 Å². The second-order valence-corrected chi connectivity index (χ2v) is 11.1. The highest BCUT2D eigenvalue weighted by molar-refractivity contribution is 5.66. The molecule has 0 spiro atoms. The number of anilines is 2. The number of halogens is 2. The largest absolute Gasteiger partial charge is 0.488 e. The molecule has 0 radical (unpaired) electrons. The molecule has 1 aromatic carbocycles. The monoisotopic (exact) mass is 589 g/mol. The maximum Gasteiger partial charge on any atom is 0.229 e. The van der Waals surface area contributed by atoms with Crippen LogP contribution in [0.15, 0.2) is 48.9 Å². The van der Waals surface area contributed by atoms with Crippen molar-refractivity contribution in [3.63, 3.8) is 0 Å². The van der Waals surface area contributed by atoms with Crippen LogP contribution in [-0.4, -0.2) is 57.7 Å². The van der Waals surface area contributed by atoms with Gasteiger partial charge in [-0.3, -0.25) is 4.98 Å². The zero-order valence-electron chi connectivity index (χ0n) is 23.7. The maximum absolute atomic E-state index is 15.2. The van der Waals surface area contributed by atoms with Crippen molar-refractivity contribution < 1.29 is 23.0 Å². The van der Waals surface area contributed by atoms with Crippen LogP contribution in [0.5, 0.6) is 5.75 Å². The van der Waals surface area contributed by atoms with Crippen molar-refractivity contribution in [1.82, 2.24) is 19.6 Å². The molecule has 1 unspecified atom stereocenters. The maximum atomic E-state index is 15.2. The summed E-state index contributed by atoms with van der Waals surface area (Å²) in [4.78, 5) is 8.79. The van der Waals surface area contributed by atoms with Crippen LogP contribution in [0.3, 0.4) is 0 Å². The van der Waals surface area contributed by atoms with E-state index < -0.39 is 11.6 Å². The average Bonchev–Trinajstić information content (AvgIpc) is 3.64. The van der Waals surface area contributed by atoms with Gasteiger partial charge in [0, 0.05) is 30.8 Å². The van der Waals surface area contributed by atoms with Crippen molar-refractivity contribution in [3.8, 4) is 23.1 Å². The molecule has 1 saturated heterocycles. The van der Waals surface area contributed by atoms with Crippen LogP contribution in [0.1, 0.15) is 44.1 Å². The molecule has 1 saturated carbocycles. The summed E-state index contributed by atoms with van der Waals surface area (Å²) in [6, 6.07) is 9.50. The number of benzene rings is 1. The number of imidazole rings is 1. The van der Waals surface area contributed by atoms with Gasteiger partial charge in [-0.25, -0.2) is 13.8 Å². The molecule has 5 atom stereocenters. The second-order valence-electron chi connectivity index (χ2n) is 11.1. The number of fused-ring (bicyclic) bond motifs is 1. The molecule has 0 bridgehead atoms. The Morgan fingerprint density at radius 1 is 1.19 bits per heavy atom. The SMILES string of the molecule is C[C@H]1C[C@@H](c2ccncc2Nc2ncc3ccc(-c4c(F)cc(OC5CCOC5)cc4F)nn23)C[C@@H](N)[C@H]1OCCC#N. The smallest absolute Gasteiger partial charge is 0.229 e. The highest BCUT2D eigenvalue weighted by atomic mass is 19.1. The van der Waals surface area contributed by atoms with Gasteiger partial charge in [0.25, 0.3) is 0 Å². The lowest BCUT2D eigenvalue weighted by molar-refractivity contribution is -0.0198. The van der Waals surface area contributed by atoms with Gasteiger partial charge in [-0.1, -0.05) is 6.92 Å². The van der Waals surface area contributed by atoms with Gasteiger partial charge in [0.1, 0.15) is 23.5 Å². The first-order valence-corrected chi connectivity index (χ1v) is 14.4. The van der Waals surface area contributed by atoms with Crippen molar-refractivity contribution >= 4 is 17.2 Å². The van der Waals surface area contributed by atoms with Gasteiger partial charge in [-0.2, -0.15) is 14.9 Å². The van der Waals surface area contributed by atoms with E-state index in [1.54, 1.807) is 30.7 Å². The number of aromatic nitrogens is 4. The number of nitrogens with two attached hydrogens (primary N) is 1. The second kappa shape index (κ2) is 12.6. The number of hydrogen-bond donors (Lipinski definition) is 2. The Hall–Kier alpha value is -4.18. The first-order valence-electron chi connectivity index (χ1n) is 14.4. The van der Waals surface area contributed by atoms with E-state index in [2.05, 4.69) is 33.4 Å². The molecule has 2 aliphatic rings. The Labute approximate surface area is 247 Å². The molecule has 43 heavy (non-hydrogen) atoms. The zero-order valence-corrected chi connectivity index (χ0v) is 23.7. The summed E-state index contributed by atoms with van der Waals surface area (Å²) in [5, 5.41) is 16.7. The number of rotatable bonds is 9. The number of pyridine rings is 1. The molecule has 6 rings (SSSR count). The Kier molecular flexibility index (Phi) is 8.47. The average molecular weight is 590 g/mol. The van der Waals surface area contributed by atoms with Gasteiger partial charge < -0.3 is 25.3 Å². The van der Waals surface area contributed by atoms with Crippen LogP contribution < -0.4 is 15.8 Å². The molecular formula is C31H33F2N7O3. The quantitative estimate of drug-likeness (QED) is 0.255. The van der Waals surface area contributed by atoms with Crippen molar-refractivity contribution in [1.29, 1.82) is 5.26 Å². The number of ether oxygens (including phenoxy) is 3. The fourth-order valence-corrected chi connectivity index (χ4v) is 6.09. The zero-order chi connectivity index (χ0) is 29.9. The molecule has 2 fully saturated rings. The molecule has 224 valence electrons. The number of nitrogens with one attached hydrogen (secondary N) is 1. The van der Waals surface area contributed by atoms with Crippen LogP contribution in [0.4, 0.5) is 20.4 Å². The number of nitriles is 1. The molecule has 3 N–H and O–H groups in total. The molecule has 4 heterocycles. The molecule has 0 amide bonds. The Bertz CT molecular complexity index is 1600. The topological polar surface area (TPSA) is 133 Å². The number of nitrogens with zero attached hydrogens (tertiary/aromatic N) is 5. The van der Waals surface area contributed by atoms with Gasteiger partial charge in [-0.15, -0.1) is 0 Å².